The topological polar surface area (TPSA) is 73.9 Å². The molecular formula is C25H34N4O3. The van der Waals surface area contributed by atoms with Gasteiger partial charge in [0.15, 0.2) is 0 Å². The first-order chi connectivity index (χ1) is 15.5. The molecule has 2 N–H and O–H groups in total. The van der Waals surface area contributed by atoms with E-state index >= 15 is 0 Å². The standard InChI is InChI=1S/C25H34N4O3/c1-4-28(5-2)23(20-8-6-9-22(16-20)32-3)17-26-25(31)27-21-13-11-19(12-14-21)18-29-15-7-10-24(29)30/h6,8-9,11-14,16,23H,4-5,7,10,15,17-18H2,1-3H3,(H2,26,27,31). The van der Waals surface area contributed by atoms with Crippen molar-refractivity contribution in [3.05, 3.63) is 59.7 Å². The van der Waals surface area contributed by atoms with Crippen LogP contribution in [0.3, 0.4) is 0 Å². The van der Waals surface area contributed by atoms with Crippen LogP contribution in [0.1, 0.15) is 43.9 Å². The number of anilines is 1. The highest BCUT2D eigenvalue weighted by Crippen LogP contribution is 2.24. The first-order valence-corrected chi connectivity index (χ1v) is 11.3. The first-order valence-electron chi connectivity index (χ1n) is 11.3. The Morgan fingerprint density at radius 1 is 1.16 bits per heavy atom. The van der Waals surface area contributed by atoms with Gasteiger partial charge in [0.2, 0.25) is 5.91 Å². The predicted octanol–water partition coefficient (Wildman–Crippen LogP) is 4.02. The van der Waals surface area contributed by atoms with Gasteiger partial charge in [-0.1, -0.05) is 38.1 Å². The van der Waals surface area contributed by atoms with Gasteiger partial charge in [-0.3, -0.25) is 9.69 Å². The van der Waals surface area contributed by atoms with Crippen LogP contribution in [0.4, 0.5) is 10.5 Å². The van der Waals surface area contributed by atoms with E-state index < -0.39 is 0 Å². The van der Waals surface area contributed by atoms with E-state index in [1.165, 1.54) is 0 Å². The second-order valence-corrected chi connectivity index (χ2v) is 7.96. The quantitative estimate of drug-likeness (QED) is 0.588. The number of carbonyl (C=O) groups is 2. The Kier molecular flexibility index (Phi) is 8.50. The summed E-state index contributed by atoms with van der Waals surface area (Å²) >= 11 is 0. The third-order valence-corrected chi connectivity index (χ3v) is 5.94. The monoisotopic (exact) mass is 438 g/mol. The Morgan fingerprint density at radius 2 is 1.91 bits per heavy atom. The molecule has 0 bridgehead atoms. The number of benzene rings is 2. The largest absolute Gasteiger partial charge is 0.497 e. The Balaban J connectivity index is 1.58. The van der Waals surface area contributed by atoms with Crippen molar-refractivity contribution in [3.63, 3.8) is 0 Å². The van der Waals surface area contributed by atoms with Crippen molar-refractivity contribution in [2.75, 3.05) is 38.6 Å². The molecule has 1 aliphatic rings. The van der Waals surface area contributed by atoms with Gasteiger partial charge in [-0.15, -0.1) is 0 Å². The van der Waals surface area contributed by atoms with Crippen molar-refractivity contribution in [2.45, 2.75) is 39.3 Å². The number of rotatable bonds is 10. The molecule has 1 aliphatic heterocycles. The minimum Gasteiger partial charge on any atom is -0.497 e. The summed E-state index contributed by atoms with van der Waals surface area (Å²) in [7, 11) is 1.66. The zero-order valence-electron chi connectivity index (χ0n) is 19.3. The maximum atomic E-state index is 12.6. The number of carbonyl (C=O) groups excluding carboxylic acids is 2. The van der Waals surface area contributed by atoms with E-state index in [4.69, 9.17) is 4.74 Å². The van der Waals surface area contributed by atoms with Crippen LogP contribution in [0.25, 0.3) is 0 Å². The molecule has 7 heteroatoms. The zero-order valence-corrected chi connectivity index (χ0v) is 19.3. The fourth-order valence-electron chi connectivity index (χ4n) is 4.12. The summed E-state index contributed by atoms with van der Waals surface area (Å²) in [5.41, 5.74) is 2.89. The molecular weight excluding hydrogens is 404 g/mol. The normalized spacial score (nSPS) is 14.5. The average Bonchev–Trinajstić information content (AvgIpc) is 3.22. The smallest absolute Gasteiger partial charge is 0.319 e. The van der Waals surface area contributed by atoms with Gasteiger partial charge in [0.1, 0.15) is 5.75 Å². The van der Waals surface area contributed by atoms with Crippen LogP contribution in [0.15, 0.2) is 48.5 Å². The van der Waals surface area contributed by atoms with Crippen molar-refractivity contribution < 1.29 is 14.3 Å². The molecule has 1 fully saturated rings. The summed E-state index contributed by atoms with van der Waals surface area (Å²) in [6.45, 7) is 7.92. The van der Waals surface area contributed by atoms with Crippen LogP contribution in [0, 0.1) is 0 Å². The molecule has 2 aromatic rings. The molecule has 0 aromatic heterocycles. The molecule has 1 atom stereocenters. The van der Waals surface area contributed by atoms with E-state index in [-0.39, 0.29) is 18.0 Å². The summed E-state index contributed by atoms with van der Waals surface area (Å²) in [5, 5.41) is 5.91. The van der Waals surface area contributed by atoms with Crippen LogP contribution in [0.2, 0.25) is 0 Å². The van der Waals surface area contributed by atoms with Gasteiger partial charge in [-0.2, -0.15) is 0 Å². The molecule has 1 saturated heterocycles. The van der Waals surface area contributed by atoms with Crippen molar-refractivity contribution >= 4 is 17.6 Å². The SMILES string of the molecule is CCN(CC)C(CNC(=O)Nc1ccc(CN2CCCC2=O)cc1)c1cccc(OC)c1. The zero-order chi connectivity index (χ0) is 22.9. The molecule has 0 radical (unpaired) electrons. The number of amides is 3. The Bertz CT molecular complexity index is 896. The van der Waals surface area contributed by atoms with E-state index in [1.807, 2.05) is 47.4 Å². The maximum absolute atomic E-state index is 12.6. The van der Waals surface area contributed by atoms with Crippen LogP contribution in [-0.4, -0.2) is 55.0 Å². The second kappa shape index (κ2) is 11.5. The van der Waals surface area contributed by atoms with Gasteiger partial charge in [-0.25, -0.2) is 4.79 Å². The molecule has 0 saturated carbocycles. The van der Waals surface area contributed by atoms with E-state index in [0.29, 0.717) is 19.5 Å². The highest BCUT2D eigenvalue weighted by atomic mass is 16.5. The maximum Gasteiger partial charge on any atom is 0.319 e. The van der Waals surface area contributed by atoms with Gasteiger partial charge in [0.25, 0.3) is 0 Å². The number of methoxy groups -OCH3 is 1. The van der Waals surface area contributed by atoms with Gasteiger partial charge < -0.3 is 20.3 Å². The summed E-state index contributed by atoms with van der Waals surface area (Å²) in [5.74, 6) is 1.02. The van der Waals surface area contributed by atoms with Crippen LogP contribution in [0.5, 0.6) is 5.75 Å². The number of likely N-dealkylation sites (N-methyl/N-ethyl adjacent to an activating group) is 1. The number of ether oxygens (including phenoxy) is 1. The molecule has 3 amide bonds. The Hall–Kier alpha value is -3.06. The number of urea groups is 1. The highest BCUT2D eigenvalue weighted by Gasteiger charge is 2.21. The summed E-state index contributed by atoms with van der Waals surface area (Å²) < 4.78 is 5.37. The number of likely N-dealkylation sites (tertiary alicyclic amines) is 1. The van der Waals surface area contributed by atoms with Crippen LogP contribution in [-0.2, 0) is 11.3 Å². The lowest BCUT2D eigenvalue weighted by atomic mass is 10.0. The number of nitrogens with zero attached hydrogens (tertiary/aromatic N) is 2. The summed E-state index contributed by atoms with van der Waals surface area (Å²) in [4.78, 5) is 28.5. The fourth-order valence-corrected chi connectivity index (χ4v) is 4.12. The predicted molar refractivity (Wildman–Crippen MR) is 127 cm³/mol. The lowest BCUT2D eigenvalue weighted by Gasteiger charge is -2.30. The molecule has 3 rings (SSSR count). The molecule has 0 spiro atoms. The lowest BCUT2D eigenvalue weighted by molar-refractivity contribution is -0.128. The van der Waals surface area contributed by atoms with Crippen molar-refractivity contribution in [1.82, 2.24) is 15.1 Å². The van der Waals surface area contributed by atoms with E-state index in [1.54, 1.807) is 7.11 Å². The van der Waals surface area contributed by atoms with Gasteiger partial charge >= 0.3 is 6.03 Å². The number of hydrogen-bond acceptors (Lipinski definition) is 4. The van der Waals surface area contributed by atoms with Crippen LogP contribution >= 0.6 is 0 Å². The molecule has 172 valence electrons. The summed E-state index contributed by atoms with van der Waals surface area (Å²) in [6, 6.07) is 15.4. The number of hydrogen-bond donors (Lipinski definition) is 2. The van der Waals surface area contributed by atoms with Gasteiger partial charge in [0, 0.05) is 31.7 Å². The van der Waals surface area contributed by atoms with Crippen LogP contribution < -0.4 is 15.4 Å². The van der Waals surface area contributed by atoms with Crippen molar-refractivity contribution in [1.29, 1.82) is 0 Å². The molecule has 2 aromatic carbocycles. The Morgan fingerprint density at radius 3 is 2.53 bits per heavy atom. The van der Waals surface area contributed by atoms with Gasteiger partial charge in [-0.05, 0) is 54.9 Å². The summed E-state index contributed by atoms with van der Waals surface area (Å²) in [6.07, 6.45) is 1.58. The highest BCUT2D eigenvalue weighted by molar-refractivity contribution is 5.89. The Labute approximate surface area is 190 Å². The third-order valence-electron chi connectivity index (χ3n) is 5.94. The molecule has 7 nitrogen and oxygen atoms in total. The van der Waals surface area contributed by atoms with E-state index in [9.17, 15) is 9.59 Å². The lowest BCUT2D eigenvalue weighted by Crippen LogP contribution is -2.39. The van der Waals surface area contributed by atoms with Crippen molar-refractivity contribution in [2.24, 2.45) is 0 Å². The molecule has 32 heavy (non-hydrogen) atoms. The minimum atomic E-state index is -0.243. The first kappa shape index (κ1) is 23.6. The van der Waals surface area contributed by atoms with E-state index in [2.05, 4.69) is 35.4 Å². The molecule has 1 heterocycles. The molecule has 1 unspecified atom stereocenters. The fraction of sp³-hybridized carbons (Fsp3) is 0.440. The van der Waals surface area contributed by atoms with E-state index in [0.717, 1.165) is 48.6 Å². The number of nitrogens with one attached hydrogen (secondary N) is 2. The van der Waals surface area contributed by atoms with Crippen molar-refractivity contribution in [3.8, 4) is 5.75 Å². The second-order valence-electron chi connectivity index (χ2n) is 7.96. The molecule has 0 aliphatic carbocycles. The third kappa shape index (κ3) is 6.23. The average molecular weight is 439 g/mol. The minimum absolute atomic E-state index is 0.0474. The van der Waals surface area contributed by atoms with Gasteiger partial charge in [0.05, 0.1) is 13.2 Å².